The van der Waals surface area contributed by atoms with Gasteiger partial charge in [-0.1, -0.05) is 19.8 Å². The molecule has 0 aromatic heterocycles. The van der Waals surface area contributed by atoms with Gasteiger partial charge >= 0.3 is 19.5 Å². The van der Waals surface area contributed by atoms with Crippen molar-refractivity contribution in [2.45, 2.75) is 19.8 Å². The van der Waals surface area contributed by atoms with Crippen molar-refractivity contribution in [3.8, 4) is 0 Å². The van der Waals surface area contributed by atoms with E-state index in [9.17, 15) is 0 Å². The first-order valence-electron chi connectivity index (χ1n) is 2.47. The van der Waals surface area contributed by atoms with E-state index in [1.165, 1.54) is 12.8 Å². The molecule has 0 aliphatic rings. The third-order valence-electron chi connectivity index (χ3n) is 0.735. The minimum atomic E-state index is 0. The van der Waals surface area contributed by atoms with Crippen LogP contribution in [0.4, 0.5) is 0 Å². The third kappa shape index (κ3) is 10.8. The summed E-state index contributed by atoms with van der Waals surface area (Å²) < 4.78 is 0. The Bertz CT molecular complexity index is 20.0. The maximum absolute atomic E-state index is 3.93. The van der Waals surface area contributed by atoms with Crippen molar-refractivity contribution >= 4 is 0 Å². The van der Waals surface area contributed by atoms with E-state index in [0.29, 0.717) is 0 Å². The van der Waals surface area contributed by atoms with Crippen molar-refractivity contribution < 1.29 is 19.5 Å². The van der Waals surface area contributed by atoms with Gasteiger partial charge in [-0.05, 0) is 0 Å². The summed E-state index contributed by atoms with van der Waals surface area (Å²) in [5.74, 6) is 0. The molecule has 2 heteroatoms. The molecule has 0 spiro atoms. The molecule has 0 unspecified atom stereocenters. The van der Waals surface area contributed by atoms with Gasteiger partial charge in [0.2, 0.25) is 0 Å². The van der Waals surface area contributed by atoms with Crippen LogP contribution in [-0.2, 0) is 19.5 Å². The third-order valence-corrected chi connectivity index (χ3v) is 0.735. The standard InChI is InChI=1S/C5H12N.Ru/c1-3-4-5-6-2;/h3-5H2,1-2H3;/q-1;+1. The van der Waals surface area contributed by atoms with Gasteiger partial charge in [-0.3, -0.25) is 0 Å². The Hall–Kier alpha value is 0.583. The van der Waals surface area contributed by atoms with Gasteiger partial charge in [0.25, 0.3) is 0 Å². The largest absolute Gasteiger partial charge is 1.00 e. The molecule has 1 radical (unpaired) electrons. The predicted molar refractivity (Wildman–Crippen MR) is 29.1 cm³/mol. The summed E-state index contributed by atoms with van der Waals surface area (Å²) in [6.07, 6.45) is 2.51. The first-order valence-corrected chi connectivity index (χ1v) is 2.47. The van der Waals surface area contributed by atoms with Crippen LogP contribution in [0.15, 0.2) is 0 Å². The van der Waals surface area contributed by atoms with E-state index < -0.39 is 0 Å². The molecule has 0 aliphatic carbocycles. The molecular weight excluding hydrogens is 175 g/mol. The van der Waals surface area contributed by atoms with Crippen LogP contribution >= 0.6 is 0 Å². The fraction of sp³-hybridized carbons (Fsp3) is 1.00. The van der Waals surface area contributed by atoms with Gasteiger partial charge in [0.05, 0.1) is 0 Å². The van der Waals surface area contributed by atoms with Gasteiger partial charge in [-0.2, -0.15) is 7.05 Å². The molecule has 1 nitrogen and oxygen atoms in total. The van der Waals surface area contributed by atoms with E-state index in [1.807, 2.05) is 7.05 Å². The van der Waals surface area contributed by atoms with Crippen LogP contribution in [0.3, 0.4) is 0 Å². The number of hydrogen-bond acceptors (Lipinski definition) is 0. The molecule has 0 saturated carbocycles. The molecule has 45 valence electrons. The molecule has 0 bridgehead atoms. The van der Waals surface area contributed by atoms with E-state index in [1.54, 1.807) is 0 Å². The summed E-state index contributed by atoms with van der Waals surface area (Å²) in [4.78, 5) is 0. The summed E-state index contributed by atoms with van der Waals surface area (Å²) in [6, 6.07) is 0. The van der Waals surface area contributed by atoms with Crippen LogP contribution in [-0.4, -0.2) is 13.6 Å². The molecule has 0 aliphatic heterocycles. The molecule has 0 aromatic carbocycles. The molecule has 0 aromatic rings. The summed E-state index contributed by atoms with van der Waals surface area (Å²) >= 11 is 0. The predicted octanol–water partition coefficient (Wildman–Crippen LogP) is 1.79. The Morgan fingerprint density at radius 3 is 2.14 bits per heavy atom. The van der Waals surface area contributed by atoms with E-state index in [-0.39, 0.29) is 19.5 Å². The van der Waals surface area contributed by atoms with Gasteiger partial charge < -0.3 is 5.32 Å². The van der Waals surface area contributed by atoms with E-state index >= 15 is 0 Å². The van der Waals surface area contributed by atoms with Crippen molar-refractivity contribution in [2.75, 3.05) is 13.6 Å². The number of nitrogens with zero attached hydrogens (tertiary/aromatic N) is 1. The van der Waals surface area contributed by atoms with Crippen molar-refractivity contribution in [2.24, 2.45) is 0 Å². The fourth-order valence-electron chi connectivity index (χ4n) is 0.316. The average molecular weight is 187 g/mol. The van der Waals surface area contributed by atoms with Gasteiger partial charge in [0.1, 0.15) is 0 Å². The average Bonchev–Trinajstić information content (AvgIpc) is 1.61. The molecular formula is C5H12NRu. The first-order chi connectivity index (χ1) is 2.91. The Morgan fingerprint density at radius 2 is 2.00 bits per heavy atom. The van der Waals surface area contributed by atoms with Crippen LogP contribution in [0, 0.1) is 0 Å². The maximum atomic E-state index is 3.93. The van der Waals surface area contributed by atoms with Crippen molar-refractivity contribution in [1.29, 1.82) is 0 Å². The molecule has 0 fully saturated rings. The van der Waals surface area contributed by atoms with E-state index in [2.05, 4.69) is 12.2 Å². The Balaban J connectivity index is 0. The second-order valence-corrected chi connectivity index (χ2v) is 1.39. The molecule has 0 amide bonds. The zero-order valence-electron chi connectivity index (χ0n) is 4.92. The van der Waals surface area contributed by atoms with Crippen molar-refractivity contribution in [1.82, 2.24) is 0 Å². The zero-order valence-corrected chi connectivity index (χ0v) is 6.66. The summed E-state index contributed by atoms with van der Waals surface area (Å²) in [5, 5.41) is 3.93. The topological polar surface area (TPSA) is 14.1 Å². The summed E-state index contributed by atoms with van der Waals surface area (Å²) in [6.45, 7) is 3.21. The van der Waals surface area contributed by atoms with Crippen LogP contribution in [0.5, 0.6) is 0 Å². The van der Waals surface area contributed by atoms with E-state index in [0.717, 1.165) is 6.54 Å². The number of unbranched alkanes of at least 4 members (excludes halogenated alkanes) is 1. The summed E-state index contributed by atoms with van der Waals surface area (Å²) in [5.41, 5.74) is 0. The van der Waals surface area contributed by atoms with Crippen molar-refractivity contribution in [3.63, 3.8) is 0 Å². The molecule has 0 heterocycles. The number of rotatable bonds is 3. The minimum absolute atomic E-state index is 0. The van der Waals surface area contributed by atoms with Crippen LogP contribution in [0.25, 0.3) is 5.32 Å². The smallest absolute Gasteiger partial charge is 0.665 e. The normalized spacial score (nSPS) is 7.71. The Kier molecular flexibility index (Phi) is 14.7. The molecule has 7 heavy (non-hydrogen) atoms. The maximum Gasteiger partial charge on any atom is 1.00 e. The van der Waals surface area contributed by atoms with Gasteiger partial charge in [-0.25, -0.2) is 0 Å². The number of hydrogen-bond donors (Lipinski definition) is 0. The molecule has 0 saturated heterocycles. The Labute approximate surface area is 58.6 Å². The first kappa shape index (κ1) is 10.5. The zero-order chi connectivity index (χ0) is 4.83. The van der Waals surface area contributed by atoms with Gasteiger partial charge in [-0.15, -0.1) is 6.54 Å². The van der Waals surface area contributed by atoms with Crippen LogP contribution in [0.1, 0.15) is 19.8 Å². The van der Waals surface area contributed by atoms with Crippen molar-refractivity contribution in [3.05, 3.63) is 5.32 Å². The Morgan fingerprint density at radius 1 is 1.43 bits per heavy atom. The molecule has 0 atom stereocenters. The van der Waals surface area contributed by atoms with Gasteiger partial charge in [0, 0.05) is 0 Å². The summed E-state index contributed by atoms with van der Waals surface area (Å²) in [7, 11) is 1.86. The fourth-order valence-corrected chi connectivity index (χ4v) is 0.316. The minimum Gasteiger partial charge on any atom is -0.665 e. The second kappa shape index (κ2) is 9.77. The monoisotopic (exact) mass is 188 g/mol. The van der Waals surface area contributed by atoms with Crippen LogP contribution < -0.4 is 0 Å². The molecule has 0 N–H and O–H groups in total. The molecule has 0 rings (SSSR count). The second-order valence-electron chi connectivity index (χ2n) is 1.39. The van der Waals surface area contributed by atoms with E-state index in [4.69, 9.17) is 0 Å². The van der Waals surface area contributed by atoms with Crippen LogP contribution in [0.2, 0.25) is 0 Å². The van der Waals surface area contributed by atoms with Gasteiger partial charge in [0.15, 0.2) is 0 Å². The quantitative estimate of drug-likeness (QED) is 0.472. The SMILES string of the molecule is CCCC[N-]C.[Ru+].